The lowest BCUT2D eigenvalue weighted by Gasteiger charge is -2.13. The van der Waals surface area contributed by atoms with E-state index in [0.717, 1.165) is 13.1 Å². The van der Waals surface area contributed by atoms with Crippen LogP contribution in [0.1, 0.15) is 16.1 Å². The molecule has 0 amide bonds. The number of hydrogen-bond donors (Lipinski definition) is 1. The van der Waals surface area contributed by atoms with Gasteiger partial charge in [0.1, 0.15) is 5.75 Å². The summed E-state index contributed by atoms with van der Waals surface area (Å²) >= 11 is 5.03. The van der Waals surface area contributed by atoms with Crippen LogP contribution in [0.4, 0.5) is 13.2 Å². The minimum absolute atomic E-state index is 0.267. The zero-order valence-electron chi connectivity index (χ0n) is 7.80. The number of ether oxygens (including phenoxy) is 1. The van der Waals surface area contributed by atoms with E-state index in [2.05, 4.69) is 9.72 Å². The van der Waals surface area contributed by atoms with E-state index in [-0.39, 0.29) is 5.56 Å². The van der Waals surface area contributed by atoms with Gasteiger partial charge in [0.25, 0.3) is 5.24 Å². The molecule has 4 nitrogen and oxygen atoms in total. The van der Waals surface area contributed by atoms with Gasteiger partial charge in [-0.05, 0) is 18.5 Å². The average Bonchev–Trinajstić information content (AvgIpc) is 2.10. The number of aromatic nitrogens is 1. The Morgan fingerprint density at radius 2 is 2.12 bits per heavy atom. The van der Waals surface area contributed by atoms with Gasteiger partial charge in [-0.15, -0.1) is 13.2 Å². The third-order valence-electron chi connectivity index (χ3n) is 1.66. The Morgan fingerprint density at radius 1 is 1.56 bits per heavy atom. The van der Waals surface area contributed by atoms with Crippen LogP contribution in [0.2, 0.25) is 0 Å². The highest BCUT2D eigenvalue weighted by atomic mass is 35.5. The van der Waals surface area contributed by atoms with Crippen molar-refractivity contribution in [1.29, 1.82) is 0 Å². The molecule has 1 rings (SSSR count). The summed E-state index contributed by atoms with van der Waals surface area (Å²) in [6, 6.07) is 0. The molecule has 0 spiro atoms. The summed E-state index contributed by atoms with van der Waals surface area (Å²) in [5.41, 5.74) is -0.967. The predicted molar refractivity (Wildman–Crippen MR) is 47.5 cm³/mol. The van der Waals surface area contributed by atoms with Crippen molar-refractivity contribution < 1.29 is 27.8 Å². The summed E-state index contributed by atoms with van der Waals surface area (Å²) in [7, 11) is 0. The Morgan fingerprint density at radius 3 is 2.56 bits per heavy atom. The molecule has 0 aliphatic heterocycles. The molecule has 0 atom stereocenters. The number of hydrogen-bond acceptors (Lipinski definition) is 4. The first-order valence-electron chi connectivity index (χ1n) is 3.86. The maximum Gasteiger partial charge on any atom is 0.573 e. The minimum Gasteiger partial charge on any atom is -0.506 e. The maximum atomic E-state index is 12.0. The summed E-state index contributed by atoms with van der Waals surface area (Å²) in [5, 5.41) is 7.93. The van der Waals surface area contributed by atoms with E-state index in [9.17, 15) is 18.0 Å². The molecule has 0 aliphatic carbocycles. The number of rotatable bonds is 2. The van der Waals surface area contributed by atoms with Crippen molar-refractivity contribution in [1.82, 2.24) is 4.98 Å². The van der Waals surface area contributed by atoms with Crippen LogP contribution in [-0.2, 0) is 0 Å². The highest BCUT2D eigenvalue weighted by Gasteiger charge is 2.34. The monoisotopic (exact) mass is 255 g/mol. The molecular weight excluding hydrogens is 251 g/mol. The second-order valence-electron chi connectivity index (χ2n) is 2.77. The highest BCUT2D eigenvalue weighted by Crippen LogP contribution is 2.33. The molecule has 0 bridgehead atoms. The first kappa shape index (κ1) is 12.6. The van der Waals surface area contributed by atoms with E-state index < -0.39 is 28.8 Å². The minimum atomic E-state index is -5.00. The van der Waals surface area contributed by atoms with Gasteiger partial charge in [0, 0.05) is 5.56 Å². The topological polar surface area (TPSA) is 59.4 Å². The maximum absolute atomic E-state index is 12.0. The Bertz CT molecular complexity index is 433. The van der Waals surface area contributed by atoms with E-state index in [1.807, 2.05) is 0 Å². The average molecular weight is 256 g/mol. The largest absolute Gasteiger partial charge is 0.573 e. The predicted octanol–water partition coefficient (Wildman–Crippen LogP) is 2.37. The van der Waals surface area contributed by atoms with Crippen LogP contribution in [0.25, 0.3) is 0 Å². The molecule has 0 aliphatic rings. The van der Waals surface area contributed by atoms with E-state index in [0.29, 0.717) is 0 Å². The normalized spacial score (nSPS) is 11.3. The van der Waals surface area contributed by atoms with Crippen molar-refractivity contribution in [2.75, 3.05) is 0 Å². The zero-order chi connectivity index (χ0) is 12.5. The van der Waals surface area contributed by atoms with Gasteiger partial charge in [0.2, 0.25) is 0 Å². The summed E-state index contributed by atoms with van der Waals surface area (Å²) in [6.45, 7) is 1.14. The first-order chi connectivity index (χ1) is 7.22. The Balaban J connectivity index is 3.32. The van der Waals surface area contributed by atoms with Crippen LogP contribution in [0, 0.1) is 6.92 Å². The van der Waals surface area contributed by atoms with Crippen molar-refractivity contribution in [2.24, 2.45) is 0 Å². The highest BCUT2D eigenvalue weighted by molar-refractivity contribution is 6.67. The Hall–Kier alpha value is -1.50. The number of carbonyl (C=O) groups is 1. The quantitative estimate of drug-likeness (QED) is 0.824. The number of alkyl halides is 3. The van der Waals surface area contributed by atoms with E-state index in [1.165, 1.54) is 0 Å². The lowest BCUT2D eigenvalue weighted by atomic mass is 10.2. The third-order valence-corrected chi connectivity index (χ3v) is 1.84. The van der Waals surface area contributed by atoms with E-state index in [1.54, 1.807) is 0 Å². The van der Waals surface area contributed by atoms with Crippen LogP contribution in [0.15, 0.2) is 6.20 Å². The van der Waals surface area contributed by atoms with Gasteiger partial charge < -0.3 is 9.84 Å². The summed E-state index contributed by atoms with van der Waals surface area (Å²) in [4.78, 5) is 14.1. The molecule has 0 aromatic carbocycles. The van der Waals surface area contributed by atoms with Crippen LogP contribution in [-0.4, -0.2) is 21.7 Å². The van der Waals surface area contributed by atoms with Gasteiger partial charge in [-0.1, -0.05) is 0 Å². The van der Waals surface area contributed by atoms with Gasteiger partial charge in [-0.2, -0.15) is 0 Å². The molecular formula is C8H5ClF3NO3. The number of aromatic hydroxyl groups is 1. The molecule has 0 saturated carbocycles. The lowest BCUT2D eigenvalue weighted by Crippen LogP contribution is -2.20. The standard InChI is InChI=1S/C8H5ClF3NO3/c1-3-4(14)2-13-5(7(9)15)6(3)16-8(10,11)12/h2,14H,1H3. The molecule has 88 valence electrons. The molecule has 1 heterocycles. The van der Waals surface area contributed by atoms with Crippen LogP contribution < -0.4 is 4.74 Å². The molecule has 0 radical (unpaired) electrons. The van der Waals surface area contributed by atoms with E-state index >= 15 is 0 Å². The molecule has 1 N–H and O–H groups in total. The van der Waals surface area contributed by atoms with Gasteiger partial charge >= 0.3 is 6.36 Å². The summed E-state index contributed by atoms with van der Waals surface area (Å²) < 4.78 is 39.6. The fourth-order valence-electron chi connectivity index (χ4n) is 0.956. The third kappa shape index (κ3) is 2.75. The smallest absolute Gasteiger partial charge is 0.506 e. The van der Waals surface area contributed by atoms with Crippen molar-refractivity contribution >= 4 is 16.8 Å². The van der Waals surface area contributed by atoms with Crippen LogP contribution in [0.5, 0.6) is 11.5 Å². The van der Waals surface area contributed by atoms with Crippen molar-refractivity contribution in [3.8, 4) is 11.5 Å². The molecule has 8 heteroatoms. The molecule has 1 aromatic heterocycles. The first-order valence-corrected chi connectivity index (χ1v) is 4.24. The van der Waals surface area contributed by atoms with Gasteiger partial charge in [0.15, 0.2) is 11.4 Å². The van der Waals surface area contributed by atoms with Crippen LogP contribution in [0.3, 0.4) is 0 Å². The molecule has 0 saturated heterocycles. The number of halogens is 4. The van der Waals surface area contributed by atoms with Gasteiger partial charge in [0.05, 0.1) is 6.20 Å². The van der Waals surface area contributed by atoms with Crippen molar-refractivity contribution in [3.05, 3.63) is 17.5 Å². The molecule has 0 unspecified atom stereocenters. The number of pyridine rings is 1. The lowest BCUT2D eigenvalue weighted by molar-refractivity contribution is -0.275. The number of nitrogens with zero attached hydrogens (tertiary/aromatic N) is 1. The van der Waals surface area contributed by atoms with E-state index in [4.69, 9.17) is 16.7 Å². The van der Waals surface area contributed by atoms with Crippen molar-refractivity contribution in [3.63, 3.8) is 0 Å². The SMILES string of the molecule is Cc1c(O)cnc(C(=O)Cl)c1OC(F)(F)F. The molecule has 16 heavy (non-hydrogen) atoms. The zero-order valence-corrected chi connectivity index (χ0v) is 8.56. The van der Waals surface area contributed by atoms with Crippen LogP contribution >= 0.6 is 11.6 Å². The summed E-state index contributed by atoms with van der Waals surface area (Å²) in [6.07, 6.45) is -4.19. The molecule has 0 fully saturated rings. The second kappa shape index (κ2) is 4.17. The summed E-state index contributed by atoms with van der Waals surface area (Å²) in [5.74, 6) is -1.42. The number of carbonyl (C=O) groups excluding carboxylic acids is 1. The molecule has 1 aromatic rings. The second-order valence-corrected chi connectivity index (χ2v) is 3.11. The Kier molecular flexibility index (Phi) is 3.27. The Labute approximate surface area is 92.6 Å². The van der Waals surface area contributed by atoms with Gasteiger partial charge in [-0.3, -0.25) is 4.79 Å². The fourth-order valence-corrected chi connectivity index (χ4v) is 1.09. The fraction of sp³-hybridized carbons (Fsp3) is 0.250. The van der Waals surface area contributed by atoms with Gasteiger partial charge in [-0.25, -0.2) is 4.98 Å². The van der Waals surface area contributed by atoms with Crippen molar-refractivity contribution in [2.45, 2.75) is 13.3 Å².